The van der Waals surface area contributed by atoms with Crippen LogP contribution in [-0.4, -0.2) is 33.9 Å². The van der Waals surface area contributed by atoms with E-state index in [1.807, 2.05) is 30.3 Å². The van der Waals surface area contributed by atoms with E-state index in [-0.39, 0.29) is 11.9 Å². The molecule has 0 saturated carbocycles. The molecule has 118 valence electrons. The van der Waals surface area contributed by atoms with Gasteiger partial charge >= 0.3 is 0 Å². The molecular weight excluding hydrogens is 294 g/mol. The molecule has 1 atom stereocenters. The average Bonchev–Trinajstić information content (AvgIpc) is 3.03. The molecule has 2 aromatic rings. The van der Waals surface area contributed by atoms with E-state index in [1.54, 1.807) is 4.68 Å². The van der Waals surface area contributed by atoms with Crippen LogP contribution in [0.15, 0.2) is 35.6 Å². The topological polar surface area (TPSA) is 114 Å². The smallest absolute Gasteiger partial charge is 0.252 e. The van der Waals surface area contributed by atoms with Gasteiger partial charge in [-0.3, -0.25) is 4.99 Å². The second kappa shape index (κ2) is 6.79. The molecule has 0 amide bonds. The summed E-state index contributed by atoms with van der Waals surface area (Å²) in [5.41, 5.74) is 7.05. The van der Waals surface area contributed by atoms with Gasteiger partial charge < -0.3 is 15.8 Å². The van der Waals surface area contributed by atoms with Gasteiger partial charge in [0, 0.05) is 12.0 Å². The number of aliphatic imine (C=N–C) groups is 1. The zero-order valence-electron chi connectivity index (χ0n) is 12.5. The van der Waals surface area contributed by atoms with Crippen molar-refractivity contribution in [1.82, 2.24) is 20.1 Å². The van der Waals surface area contributed by atoms with Crippen molar-refractivity contribution < 1.29 is 4.74 Å². The van der Waals surface area contributed by atoms with Gasteiger partial charge in [-0.05, 0) is 6.07 Å². The third kappa shape index (κ3) is 3.58. The SMILES string of the molecule is N#Cc1ncn(CCN=C(N)NC2CCOc3ccccc32)n1. The Bertz CT molecular complexity index is 746. The molecule has 0 aliphatic carbocycles. The Balaban J connectivity index is 1.57. The summed E-state index contributed by atoms with van der Waals surface area (Å²) in [6.45, 7) is 1.62. The van der Waals surface area contributed by atoms with E-state index in [0.717, 1.165) is 17.7 Å². The van der Waals surface area contributed by atoms with E-state index in [4.69, 9.17) is 15.7 Å². The summed E-state index contributed by atoms with van der Waals surface area (Å²) >= 11 is 0. The van der Waals surface area contributed by atoms with Gasteiger partial charge in [0.2, 0.25) is 0 Å². The molecule has 0 saturated heterocycles. The maximum atomic E-state index is 8.67. The zero-order chi connectivity index (χ0) is 16.1. The van der Waals surface area contributed by atoms with Crippen LogP contribution in [-0.2, 0) is 6.54 Å². The molecule has 1 aromatic heterocycles. The van der Waals surface area contributed by atoms with Gasteiger partial charge in [0.25, 0.3) is 5.82 Å². The van der Waals surface area contributed by atoms with Crippen molar-refractivity contribution in [2.75, 3.05) is 13.2 Å². The predicted molar refractivity (Wildman–Crippen MR) is 83.7 cm³/mol. The summed E-state index contributed by atoms with van der Waals surface area (Å²) < 4.78 is 7.19. The summed E-state index contributed by atoms with van der Waals surface area (Å²) in [6, 6.07) is 9.89. The Labute approximate surface area is 133 Å². The first-order valence-electron chi connectivity index (χ1n) is 7.34. The van der Waals surface area contributed by atoms with Crippen LogP contribution in [0.5, 0.6) is 5.75 Å². The molecule has 3 N–H and O–H groups in total. The van der Waals surface area contributed by atoms with Crippen LogP contribution in [0.1, 0.15) is 23.9 Å². The number of benzene rings is 1. The van der Waals surface area contributed by atoms with Crippen molar-refractivity contribution in [1.29, 1.82) is 5.26 Å². The number of nitrogens with one attached hydrogen (secondary N) is 1. The number of hydrogen-bond acceptors (Lipinski definition) is 5. The average molecular weight is 311 g/mol. The molecule has 1 unspecified atom stereocenters. The fraction of sp³-hybridized carbons (Fsp3) is 0.333. The van der Waals surface area contributed by atoms with Gasteiger partial charge in [0.1, 0.15) is 18.1 Å². The van der Waals surface area contributed by atoms with Crippen LogP contribution in [0.3, 0.4) is 0 Å². The van der Waals surface area contributed by atoms with Crippen LogP contribution in [0.2, 0.25) is 0 Å². The summed E-state index contributed by atoms with van der Waals surface area (Å²) in [5.74, 6) is 1.42. The quantitative estimate of drug-likeness (QED) is 0.630. The Morgan fingerprint density at radius 2 is 2.39 bits per heavy atom. The number of para-hydroxylation sites is 1. The van der Waals surface area contributed by atoms with Gasteiger partial charge in [-0.15, -0.1) is 5.10 Å². The molecule has 1 aliphatic heterocycles. The molecule has 3 rings (SSSR count). The molecule has 0 fully saturated rings. The first-order chi connectivity index (χ1) is 11.3. The summed E-state index contributed by atoms with van der Waals surface area (Å²) in [5, 5.41) is 15.9. The number of nitrogens with zero attached hydrogens (tertiary/aromatic N) is 5. The number of ether oxygens (including phenoxy) is 1. The summed E-state index contributed by atoms with van der Waals surface area (Å²) in [7, 11) is 0. The van der Waals surface area contributed by atoms with Crippen molar-refractivity contribution in [2.45, 2.75) is 19.0 Å². The Kier molecular flexibility index (Phi) is 4.38. The molecule has 1 aromatic carbocycles. The van der Waals surface area contributed by atoms with Crippen molar-refractivity contribution in [2.24, 2.45) is 10.7 Å². The highest BCUT2D eigenvalue weighted by Crippen LogP contribution is 2.31. The number of nitrogens with two attached hydrogens (primary N) is 1. The van der Waals surface area contributed by atoms with E-state index < -0.39 is 0 Å². The van der Waals surface area contributed by atoms with Crippen molar-refractivity contribution in [3.05, 3.63) is 42.0 Å². The number of rotatable bonds is 4. The van der Waals surface area contributed by atoms with Gasteiger partial charge in [-0.25, -0.2) is 9.67 Å². The van der Waals surface area contributed by atoms with E-state index >= 15 is 0 Å². The molecule has 8 nitrogen and oxygen atoms in total. The number of aromatic nitrogens is 3. The van der Waals surface area contributed by atoms with Crippen LogP contribution in [0, 0.1) is 11.3 Å². The van der Waals surface area contributed by atoms with Gasteiger partial charge in [0.05, 0.1) is 25.7 Å². The minimum atomic E-state index is 0.0975. The summed E-state index contributed by atoms with van der Waals surface area (Å²) in [6.07, 6.45) is 2.34. The fourth-order valence-corrected chi connectivity index (χ4v) is 2.44. The highest BCUT2D eigenvalue weighted by atomic mass is 16.5. The largest absolute Gasteiger partial charge is 0.493 e. The standard InChI is InChI=1S/C15H17N7O/c16-9-14-19-10-22(21-14)7-6-18-15(17)20-12-5-8-23-13-4-2-1-3-11(12)13/h1-4,10,12H,5-8H2,(H3,17,18,20). The predicted octanol–water partition coefficient (Wildman–Crippen LogP) is 0.578. The lowest BCUT2D eigenvalue weighted by Gasteiger charge is -2.26. The Morgan fingerprint density at radius 1 is 1.52 bits per heavy atom. The van der Waals surface area contributed by atoms with Gasteiger partial charge in [-0.2, -0.15) is 5.26 Å². The Morgan fingerprint density at radius 3 is 3.22 bits per heavy atom. The minimum absolute atomic E-state index is 0.0975. The van der Waals surface area contributed by atoms with Crippen molar-refractivity contribution in [3.8, 4) is 11.8 Å². The molecule has 23 heavy (non-hydrogen) atoms. The monoisotopic (exact) mass is 311 g/mol. The lowest BCUT2D eigenvalue weighted by atomic mass is 10.0. The van der Waals surface area contributed by atoms with Gasteiger partial charge in [0.15, 0.2) is 5.96 Å². The molecule has 2 heterocycles. The first-order valence-corrected chi connectivity index (χ1v) is 7.34. The number of fused-ring (bicyclic) bond motifs is 1. The maximum Gasteiger partial charge on any atom is 0.252 e. The maximum absolute atomic E-state index is 8.67. The molecule has 8 heteroatoms. The lowest BCUT2D eigenvalue weighted by Crippen LogP contribution is -2.37. The highest BCUT2D eigenvalue weighted by molar-refractivity contribution is 5.78. The third-order valence-corrected chi connectivity index (χ3v) is 3.53. The van der Waals surface area contributed by atoms with Gasteiger partial charge in [-0.1, -0.05) is 18.2 Å². The number of guanidine groups is 1. The van der Waals surface area contributed by atoms with Crippen molar-refractivity contribution >= 4 is 5.96 Å². The fourth-order valence-electron chi connectivity index (χ4n) is 2.44. The second-order valence-corrected chi connectivity index (χ2v) is 5.08. The lowest BCUT2D eigenvalue weighted by molar-refractivity contribution is 0.262. The van der Waals surface area contributed by atoms with E-state index in [9.17, 15) is 0 Å². The molecule has 0 radical (unpaired) electrons. The second-order valence-electron chi connectivity index (χ2n) is 5.08. The number of hydrogen-bond donors (Lipinski definition) is 2. The first kappa shape index (κ1) is 14.8. The molecule has 0 bridgehead atoms. The van der Waals surface area contributed by atoms with Crippen LogP contribution < -0.4 is 15.8 Å². The van der Waals surface area contributed by atoms with E-state index in [2.05, 4.69) is 20.4 Å². The molecule has 1 aliphatic rings. The molecular formula is C15H17N7O. The van der Waals surface area contributed by atoms with Crippen molar-refractivity contribution in [3.63, 3.8) is 0 Å². The molecule has 0 spiro atoms. The van der Waals surface area contributed by atoms with Crippen LogP contribution in [0.4, 0.5) is 0 Å². The highest BCUT2D eigenvalue weighted by Gasteiger charge is 2.21. The zero-order valence-corrected chi connectivity index (χ0v) is 12.5. The third-order valence-electron chi connectivity index (χ3n) is 3.53. The minimum Gasteiger partial charge on any atom is -0.493 e. The Hall–Kier alpha value is -3.08. The van der Waals surface area contributed by atoms with E-state index in [1.165, 1.54) is 6.33 Å². The normalized spacial score (nSPS) is 17.0. The summed E-state index contributed by atoms with van der Waals surface area (Å²) in [4.78, 5) is 8.13. The van der Waals surface area contributed by atoms with Crippen LogP contribution in [0.25, 0.3) is 0 Å². The number of nitriles is 1. The van der Waals surface area contributed by atoms with Crippen LogP contribution >= 0.6 is 0 Å². The van der Waals surface area contributed by atoms with E-state index in [0.29, 0.717) is 25.7 Å².